The fourth-order valence-electron chi connectivity index (χ4n) is 0.753. The minimum Gasteiger partial charge on any atom is -0.447 e. The van der Waals surface area contributed by atoms with Crippen LogP contribution in [-0.2, 0) is 6.54 Å². The predicted octanol–water partition coefficient (Wildman–Crippen LogP) is 2.13. The van der Waals surface area contributed by atoms with E-state index in [9.17, 15) is 10.1 Å². The van der Waals surface area contributed by atoms with E-state index in [0.29, 0.717) is 10.4 Å². The molecule has 60 valence electrons. The summed E-state index contributed by atoms with van der Waals surface area (Å²) in [5.41, 5.74) is 0.800. The number of halogens is 1. The first-order valence-corrected chi connectivity index (χ1v) is 3.75. The molecule has 4 nitrogen and oxygen atoms in total. The molecule has 0 aliphatic rings. The van der Waals surface area contributed by atoms with Crippen LogP contribution in [0.15, 0.2) is 15.2 Å². The van der Waals surface area contributed by atoms with Gasteiger partial charge in [0.2, 0.25) is 0 Å². The molecule has 0 spiro atoms. The molecule has 0 saturated carbocycles. The maximum atomic E-state index is 10.1. The van der Waals surface area contributed by atoms with Crippen LogP contribution in [0.4, 0.5) is 0 Å². The molecule has 1 aromatic rings. The Balaban J connectivity index is 2.85. The standard InChI is InChI=1S/C6H6BrNO3/c1-4-2-6(7)11-5(4)3-8(9)10/h2H,3H2,1H3. The monoisotopic (exact) mass is 219 g/mol. The third-order valence-electron chi connectivity index (χ3n) is 1.26. The van der Waals surface area contributed by atoms with Crippen LogP contribution in [0, 0.1) is 17.0 Å². The van der Waals surface area contributed by atoms with Crippen molar-refractivity contribution in [1.29, 1.82) is 0 Å². The van der Waals surface area contributed by atoms with Crippen LogP contribution in [0.2, 0.25) is 0 Å². The zero-order valence-corrected chi connectivity index (χ0v) is 7.42. The smallest absolute Gasteiger partial charge is 0.260 e. The van der Waals surface area contributed by atoms with Crippen LogP contribution in [0.5, 0.6) is 0 Å². The van der Waals surface area contributed by atoms with E-state index in [-0.39, 0.29) is 6.54 Å². The van der Waals surface area contributed by atoms with Crippen molar-refractivity contribution in [3.05, 3.63) is 32.2 Å². The first kappa shape index (κ1) is 8.26. The van der Waals surface area contributed by atoms with Crippen molar-refractivity contribution < 1.29 is 9.34 Å². The third-order valence-corrected chi connectivity index (χ3v) is 1.65. The highest BCUT2D eigenvalue weighted by atomic mass is 79.9. The van der Waals surface area contributed by atoms with Gasteiger partial charge in [-0.25, -0.2) is 0 Å². The first-order chi connectivity index (χ1) is 5.09. The summed E-state index contributed by atoms with van der Waals surface area (Å²) in [6.45, 7) is 1.52. The molecule has 0 aliphatic heterocycles. The lowest BCUT2D eigenvalue weighted by Crippen LogP contribution is -1.97. The van der Waals surface area contributed by atoms with Gasteiger partial charge in [-0.05, 0) is 34.5 Å². The second-order valence-corrected chi connectivity index (χ2v) is 2.93. The van der Waals surface area contributed by atoms with E-state index in [0.717, 1.165) is 5.56 Å². The second-order valence-electron chi connectivity index (χ2n) is 2.15. The van der Waals surface area contributed by atoms with Crippen molar-refractivity contribution in [1.82, 2.24) is 0 Å². The molecule has 0 saturated heterocycles. The normalized spacial score (nSPS) is 10.0. The molecule has 0 fully saturated rings. The van der Waals surface area contributed by atoms with Crippen molar-refractivity contribution in [2.24, 2.45) is 0 Å². The summed E-state index contributed by atoms with van der Waals surface area (Å²) in [7, 11) is 0. The largest absolute Gasteiger partial charge is 0.447 e. The molecule has 0 amide bonds. The molecule has 1 rings (SSSR count). The number of rotatable bonds is 2. The molecule has 0 bridgehead atoms. The Bertz CT molecular complexity index is 281. The SMILES string of the molecule is Cc1cc(Br)oc1C[N+](=O)[O-]. The summed E-state index contributed by atoms with van der Waals surface area (Å²) in [6.07, 6.45) is 0. The van der Waals surface area contributed by atoms with E-state index in [1.54, 1.807) is 13.0 Å². The number of hydrogen-bond acceptors (Lipinski definition) is 3. The lowest BCUT2D eigenvalue weighted by atomic mass is 10.3. The lowest BCUT2D eigenvalue weighted by molar-refractivity contribution is -0.499. The number of hydrogen-bond donors (Lipinski definition) is 0. The van der Waals surface area contributed by atoms with Gasteiger partial charge in [0.05, 0.1) is 0 Å². The van der Waals surface area contributed by atoms with Gasteiger partial charge in [-0.3, -0.25) is 10.1 Å². The molecular weight excluding hydrogens is 214 g/mol. The van der Waals surface area contributed by atoms with Crippen LogP contribution >= 0.6 is 15.9 Å². The van der Waals surface area contributed by atoms with Gasteiger partial charge in [0, 0.05) is 4.92 Å². The van der Waals surface area contributed by atoms with Crippen molar-refractivity contribution in [2.75, 3.05) is 0 Å². The number of nitrogens with zero attached hydrogens (tertiary/aromatic N) is 1. The van der Waals surface area contributed by atoms with Gasteiger partial charge in [-0.2, -0.15) is 0 Å². The predicted molar refractivity (Wildman–Crippen MR) is 41.8 cm³/mol. The molecule has 1 heterocycles. The van der Waals surface area contributed by atoms with Crippen LogP contribution in [0.1, 0.15) is 11.3 Å². The Morgan fingerprint density at radius 2 is 2.45 bits per heavy atom. The minimum atomic E-state index is -0.418. The maximum absolute atomic E-state index is 10.1. The average molecular weight is 220 g/mol. The number of furan rings is 1. The van der Waals surface area contributed by atoms with Crippen molar-refractivity contribution in [3.8, 4) is 0 Å². The van der Waals surface area contributed by atoms with Gasteiger partial charge in [0.15, 0.2) is 10.4 Å². The van der Waals surface area contributed by atoms with Crippen molar-refractivity contribution in [3.63, 3.8) is 0 Å². The number of nitro groups is 1. The van der Waals surface area contributed by atoms with Gasteiger partial charge in [0.1, 0.15) is 0 Å². The Morgan fingerprint density at radius 1 is 1.82 bits per heavy atom. The highest BCUT2D eigenvalue weighted by Crippen LogP contribution is 2.19. The zero-order valence-electron chi connectivity index (χ0n) is 5.83. The molecule has 0 N–H and O–H groups in total. The Kier molecular flexibility index (Phi) is 2.28. The summed E-state index contributed by atoms with van der Waals surface area (Å²) < 4.78 is 5.53. The molecule has 11 heavy (non-hydrogen) atoms. The van der Waals surface area contributed by atoms with E-state index in [4.69, 9.17) is 4.42 Å². The average Bonchev–Trinajstić information content (AvgIpc) is 2.09. The van der Waals surface area contributed by atoms with Gasteiger partial charge >= 0.3 is 0 Å². The summed E-state index contributed by atoms with van der Waals surface area (Å²) in [6, 6.07) is 1.71. The summed E-state index contributed by atoms with van der Waals surface area (Å²) in [4.78, 5) is 9.64. The lowest BCUT2D eigenvalue weighted by Gasteiger charge is -1.89. The quantitative estimate of drug-likeness (QED) is 0.566. The molecule has 0 aromatic carbocycles. The Morgan fingerprint density at radius 3 is 2.82 bits per heavy atom. The molecule has 1 aromatic heterocycles. The molecule has 5 heteroatoms. The number of aryl methyl sites for hydroxylation is 1. The van der Waals surface area contributed by atoms with Gasteiger partial charge in [0.25, 0.3) is 6.54 Å². The summed E-state index contributed by atoms with van der Waals surface area (Å²) >= 11 is 3.08. The van der Waals surface area contributed by atoms with Crippen molar-refractivity contribution >= 4 is 15.9 Å². The second kappa shape index (κ2) is 3.04. The highest BCUT2D eigenvalue weighted by molar-refractivity contribution is 9.10. The first-order valence-electron chi connectivity index (χ1n) is 2.96. The molecular formula is C6H6BrNO3. The van der Waals surface area contributed by atoms with Gasteiger partial charge in [-0.15, -0.1) is 0 Å². The molecule has 0 radical (unpaired) electrons. The third kappa shape index (κ3) is 2.04. The Labute approximate surface area is 71.5 Å². The van der Waals surface area contributed by atoms with Crippen LogP contribution in [0.25, 0.3) is 0 Å². The van der Waals surface area contributed by atoms with E-state index in [2.05, 4.69) is 15.9 Å². The molecule has 0 unspecified atom stereocenters. The van der Waals surface area contributed by atoms with Gasteiger partial charge in [-0.1, -0.05) is 0 Å². The molecule has 0 aliphatic carbocycles. The minimum absolute atomic E-state index is 0.253. The van der Waals surface area contributed by atoms with E-state index in [1.807, 2.05) is 0 Å². The van der Waals surface area contributed by atoms with E-state index >= 15 is 0 Å². The highest BCUT2D eigenvalue weighted by Gasteiger charge is 2.10. The Hall–Kier alpha value is -0.840. The van der Waals surface area contributed by atoms with E-state index in [1.165, 1.54) is 0 Å². The molecule has 0 atom stereocenters. The zero-order chi connectivity index (χ0) is 8.43. The fourth-order valence-corrected chi connectivity index (χ4v) is 1.29. The van der Waals surface area contributed by atoms with Crippen LogP contribution in [0.3, 0.4) is 0 Å². The topological polar surface area (TPSA) is 56.3 Å². The van der Waals surface area contributed by atoms with Crippen molar-refractivity contribution in [2.45, 2.75) is 13.5 Å². The van der Waals surface area contributed by atoms with Crippen LogP contribution < -0.4 is 0 Å². The van der Waals surface area contributed by atoms with Crippen LogP contribution in [-0.4, -0.2) is 4.92 Å². The van der Waals surface area contributed by atoms with E-state index < -0.39 is 4.92 Å². The maximum Gasteiger partial charge on any atom is 0.260 e. The summed E-state index contributed by atoms with van der Waals surface area (Å²) in [5, 5.41) is 10.1. The fraction of sp³-hybridized carbons (Fsp3) is 0.333. The van der Waals surface area contributed by atoms with Gasteiger partial charge < -0.3 is 4.42 Å². The summed E-state index contributed by atoms with van der Waals surface area (Å²) in [5.74, 6) is 0.405.